The Morgan fingerprint density at radius 2 is 1.71 bits per heavy atom. The van der Waals surface area contributed by atoms with Gasteiger partial charge in [0.2, 0.25) is 0 Å². The third-order valence-corrected chi connectivity index (χ3v) is 3.45. The van der Waals surface area contributed by atoms with Gasteiger partial charge in [-0.05, 0) is 47.9 Å². The van der Waals surface area contributed by atoms with Crippen LogP contribution in [0.3, 0.4) is 0 Å². The van der Waals surface area contributed by atoms with Gasteiger partial charge in [-0.3, -0.25) is 0 Å². The van der Waals surface area contributed by atoms with Crippen LogP contribution >= 0.6 is 27.5 Å². The highest BCUT2D eigenvalue weighted by Gasteiger charge is 1.99. The van der Waals surface area contributed by atoms with E-state index >= 15 is 0 Å². The monoisotopic (exact) mass is 306 g/mol. The van der Waals surface area contributed by atoms with Crippen molar-refractivity contribution in [3.63, 3.8) is 0 Å². The summed E-state index contributed by atoms with van der Waals surface area (Å²) < 4.78 is 1.09. The Morgan fingerprint density at radius 3 is 2.35 bits per heavy atom. The standard InChI is InChI=1S/C15H12BrCl/c1-11(12-6-8-14(16)9-7-12)10-13-4-2-3-5-15(13)17/h2-10H,1H3/b11-10-. The first-order valence-electron chi connectivity index (χ1n) is 5.35. The predicted octanol–water partition coefficient (Wildman–Crippen LogP) is 5.66. The molecule has 0 amide bonds. The molecule has 2 heteroatoms. The lowest BCUT2D eigenvalue weighted by Crippen LogP contribution is -1.80. The van der Waals surface area contributed by atoms with E-state index in [4.69, 9.17) is 11.6 Å². The van der Waals surface area contributed by atoms with Crippen molar-refractivity contribution in [3.8, 4) is 0 Å². The maximum absolute atomic E-state index is 6.13. The first-order valence-corrected chi connectivity index (χ1v) is 6.52. The van der Waals surface area contributed by atoms with Crippen molar-refractivity contribution in [2.24, 2.45) is 0 Å². The molecule has 2 aromatic carbocycles. The maximum Gasteiger partial charge on any atom is 0.0478 e. The minimum absolute atomic E-state index is 0.781. The molecular formula is C15H12BrCl. The van der Waals surface area contributed by atoms with Gasteiger partial charge in [0, 0.05) is 9.50 Å². The fourth-order valence-corrected chi connectivity index (χ4v) is 2.08. The number of allylic oxidation sites excluding steroid dienone is 1. The van der Waals surface area contributed by atoms with Crippen LogP contribution in [0.2, 0.25) is 5.02 Å². The van der Waals surface area contributed by atoms with Crippen molar-refractivity contribution >= 4 is 39.2 Å². The van der Waals surface area contributed by atoms with Crippen LogP contribution in [-0.2, 0) is 0 Å². The molecule has 0 N–H and O–H groups in total. The first-order chi connectivity index (χ1) is 8.16. The van der Waals surface area contributed by atoms with E-state index < -0.39 is 0 Å². The number of hydrogen-bond acceptors (Lipinski definition) is 0. The molecule has 0 spiro atoms. The van der Waals surface area contributed by atoms with E-state index in [1.54, 1.807) is 0 Å². The van der Waals surface area contributed by atoms with Crippen LogP contribution in [0.1, 0.15) is 18.1 Å². The summed E-state index contributed by atoms with van der Waals surface area (Å²) in [5, 5.41) is 0.781. The Morgan fingerprint density at radius 1 is 1.06 bits per heavy atom. The van der Waals surface area contributed by atoms with Crippen LogP contribution in [-0.4, -0.2) is 0 Å². The molecule has 0 nitrogen and oxygen atoms in total. The Labute approximate surface area is 115 Å². The summed E-state index contributed by atoms with van der Waals surface area (Å²) in [6.07, 6.45) is 2.10. The van der Waals surface area contributed by atoms with Gasteiger partial charge in [-0.25, -0.2) is 0 Å². The van der Waals surface area contributed by atoms with Crippen molar-refractivity contribution in [3.05, 3.63) is 69.2 Å². The van der Waals surface area contributed by atoms with Crippen molar-refractivity contribution in [1.29, 1.82) is 0 Å². The smallest absolute Gasteiger partial charge is 0.0478 e. The van der Waals surface area contributed by atoms with Gasteiger partial charge in [-0.15, -0.1) is 0 Å². The fraction of sp³-hybridized carbons (Fsp3) is 0.0667. The molecule has 0 aliphatic carbocycles. The summed E-state index contributed by atoms with van der Waals surface area (Å²) in [4.78, 5) is 0. The normalized spacial score (nSPS) is 11.6. The van der Waals surface area contributed by atoms with Crippen LogP contribution in [0.4, 0.5) is 0 Å². The number of rotatable bonds is 2. The van der Waals surface area contributed by atoms with Crippen molar-refractivity contribution in [2.75, 3.05) is 0 Å². The molecule has 0 radical (unpaired) electrons. The topological polar surface area (TPSA) is 0 Å². The zero-order chi connectivity index (χ0) is 12.3. The predicted molar refractivity (Wildman–Crippen MR) is 79.1 cm³/mol. The molecule has 86 valence electrons. The summed E-state index contributed by atoms with van der Waals surface area (Å²) in [6.45, 7) is 2.09. The molecule has 0 atom stereocenters. The van der Waals surface area contributed by atoms with E-state index in [1.165, 1.54) is 11.1 Å². The van der Waals surface area contributed by atoms with Crippen LogP contribution in [0, 0.1) is 0 Å². The van der Waals surface area contributed by atoms with Gasteiger partial charge in [0.05, 0.1) is 0 Å². The maximum atomic E-state index is 6.13. The Bertz CT molecular complexity index is 541. The second-order valence-corrected chi connectivity index (χ2v) is 5.18. The van der Waals surface area contributed by atoms with E-state index in [-0.39, 0.29) is 0 Å². The van der Waals surface area contributed by atoms with E-state index in [1.807, 2.05) is 36.4 Å². The van der Waals surface area contributed by atoms with Gasteiger partial charge >= 0.3 is 0 Å². The lowest BCUT2D eigenvalue weighted by molar-refractivity contribution is 1.55. The SMILES string of the molecule is C/C(=C/c1ccccc1Cl)c1ccc(Br)cc1. The highest BCUT2D eigenvalue weighted by molar-refractivity contribution is 9.10. The highest BCUT2D eigenvalue weighted by Crippen LogP contribution is 2.23. The average Bonchev–Trinajstić information content (AvgIpc) is 2.33. The van der Waals surface area contributed by atoms with Crippen molar-refractivity contribution < 1.29 is 0 Å². The summed E-state index contributed by atoms with van der Waals surface area (Å²) in [6, 6.07) is 16.1. The van der Waals surface area contributed by atoms with Gasteiger partial charge in [0.1, 0.15) is 0 Å². The summed E-state index contributed by atoms with van der Waals surface area (Å²) in [5.41, 5.74) is 3.45. The van der Waals surface area contributed by atoms with Crippen LogP contribution in [0.25, 0.3) is 11.6 Å². The molecule has 0 aliphatic heterocycles. The summed E-state index contributed by atoms with van der Waals surface area (Å²) in [7, 11) is 0. The van der Waals surface area contributed by atoms with Crippen LogP contribution in [0.5, 0.6) is 0 Å². The Kier molecular flexibility index (Phi) is 4.03. The van der Waals surface area contributed by atoms with E-state index in [0.29, 0.717) is 0 Å². The quantitative estimate of drug-likeness (QED) is 0.628. The zero-order valence-electron chi connectivity index (χ0n) is 9.45. The molecule has 0 saturated carbocycles. The third kappa shape index (κ3) is 3.21. The van der Waals surface area contributed by atoms with Gasteiger partial charge in [0.25, 0.3) is 0 Å². The van der Waals surface area contributed by atoms with Gasteiger partial charge < -0.3 is 0 Å². The molecule has 17 heavy (non-hydrogen) atoms. The largest absolute Gasteiger partial charge is 0.0837 e. The van der Waals surface area contributed by atoms with Gasteiger partial charge in [-0.1, -0.05) is 57.9 Å². The van der Waals surface area contributed by atoms with Crippen molar-refractivity contribution in [1.82, 2.24) is 0 Å². The zero-order valence-corrected chi connectivity index (χ0v) is 11.8. The number of benzene rings is 2. The molecular weight excluding hydrogens is 296 g/mol. The number of halogens is 2. The average molecular weight is 308 g/mol. The van der Waals surface area contributed by atoms with Crippen LogP contribution in [0.15, 0.2) is 53.0 Å². The minimum atomic E-state index is 0.781. The second kappa shape index (κ2) is 5.52. The molecule has 0 saturated heterocycles. The lowest BCUT2D eigenvalue weighted by atomic mass is 10.0. The minimum Gasteiger partial charge on any atom is -0.0837 e. The van der Waals surface area contributed by atoms with Gasteiger partial charge in [-0.2, -0.15) is 0 Å². The van der Waals surface area contributed by atoms with Gasteiger partial charge in [0.15, 0.2) is 0 Å². The Balaban J connectivity index is 2.34. The van der Waals surface area contributed by atoms with Crippen molar-refractivity contribution in [2.45, 2.75) is 6.92 Å². The Hall–Kier alpha value is -1.05. The molecule has 2 rings (SSSR count). The first kappa shape index (κ1) is 12.4. The molecule has 0 bridgehead atoms. The second-order valence-electron chi connectivity index (χ2n) is 3.86. The van der Waals surface area contributed by atoms with E-state index in [0.717, 1.165) is 15.1 Å². The summed E-state index contributed by atoms with van der Waals surface area (Å²) >= 11 is 9.56. The molecule has 0 fully saturated rings. The third-order valence-electron chi connectivity index (χ3n) is 2.58. The molecule has 2 aromatic rings. The van der Waals surface area contributed by atoms with Crippen LogP contribution < -0.4 is 0 Å². The highest BCUT2D eigenvalue weighted by atomic mass is 79.9. The summed E-state index contributed by atoms with van der Waals surface area (Å²) in [5.74, 6) is 0. The van der Waals surface area contributed by atoms with E-state index in [9.17, 15) is 0 Å². The number of hydrogen-bond donors (Lipinski definition) is 0. The lowest BCUT2D eigenvalue weighted by Gasteiger charge is -2.03. The molecule has 0 unspecified atom stereocenters. The molecule has 0 heterocycles. The molecule has 0 aliphatic rings. The fourth-order valence-electron chi connectivity index (χ4n) is 1.62. The van der Waals surface area contributed by atoms with E-state index in [2.05, 4.69) is 41.1 Å². The molecule has 0 aromatic heterocycles.